The van der Waals surface area contributed by atoms with Crippen molar-refractivity contribution in [3.05, 3.63) is 95.9 Å². The number of benzene rings is 2. The Hall–Kier alpha value is -4.32. The minimum Gasteiger partial charge on any atom is -0.356 e. The molecule has 4 heterocycles. The number of hydrogen-bond donors (Lipinski definition) is 1. The number of aromatic nitrogens is 8. The van der Waals surface area contributed by atoms with Gasteiger partial charge in [-0.25, -0.2) is 19.3 Å². The summed E-state index contributed by atoms with van der Waals surface area (Å²) in [4.78, 5) is 19.1. The predicted octanol–water partition coefficient (Wildman–Crippen LogP) is 4.54. The first kappa shape index (κ1) is 32.6. The molecule has 1 N–H and O–H groups in total. The fourth-order valence-corrected chi connectivity index (χ4v) is 6.60. The molecule has 47 heavy (non-hydrogen) atoms. The summed E-state index contributed by atoms with van der Waals surface area (Å²) in [6.45, 7) is 4.41. The zero-order chi connectivity index (χ0) is 32.9. The summed E-state index contributed by atoms with van der Waals surface area (Å²) in [5.41, 5.74) is 9.03. The molecule has 0 aliphatic heterocycles. The van der Waals surface area contributed by atoms with Gasteiger partial charge in [-0.1, -0.05) is 12.1 Å². The molecule has 0 amide bonds. The summed E-state index contributed by atoms with van der Waals surface area (Å²) < 4.78 is 6.34. The van der Waals surface area contributed by atoms with Crippen molar-refractivity contribution in [3.8, 4) is 0 Å². The number of rotatable bonds is 16. The highest BCUT2D eigenvalue weighted by Crippen LogP contribution is 2.37. The van der Waals surface area contributed by atoms with Gasteiger partial charge in [0.05, 0.1) is 19.1 Å². The molecule has 1 atom stereocenters. The van der Waals surface area contributed by atoms with Gasteiger partial charge in [0.1, 0.15) is 25.3 Å². The van der Waals surface area contributed by atoms with Crippen LogP contribution in [0.1, 0.15) is 46.8 Å². The molecule has 11 heteroatoms. The summed E-state index contributed by atoms with van der Waals surface area (Å²) in [6.07, 6.45) is 13.3. The first-order valence-electron chi connectivity index (χ1n) is 16.6. The predicted molar refractivity (Wildman–Crippen MR) is 189 cm³/mol. The van der Waals surface area contributed by atoms with Crippen LogP contribution in [0.4, 0.5) is 0 Å². The molecule has 6 aromatic rings. The molecule has 0 fully saturated rings. The van der Waals surface area contributed by atoms with Gasteiger partial charge in [0.2, 0.25) is 0 Å². The Morgan fingerprint density at radius 2 is 1.34 bits per heavy atom. The molecule has 0 bridgehead atoms. The van der Waals surface area contributed by atoms with E-state index < -0.39 is 0 Å². The van der Waals surface area contributed by atoms with Gasteiger partial charge in [-0.3, -0.25) is 0 Å². The van der Waals surface area contributed by atoms with Crippen LogP contribution in [-0.2, 0) is 25.9 Å². The largest absolute Gasteiger partial charge is 0.356 e. The lowest BCUT2D eigenvalue weighted by Gasteiger charge is -2.23. The number of nitrogens with zero attached hydrogens (tertiary/aromatic N) is 10. The second-order valence-electron chi connectivity index (χ2n) is 13.6. The molecule has 4 aromatic heterocycles. The van der Waals surface area contributed by atoms with Crippen LogP contribution in [0.5, 0.6) is 0 Å². The molecular weight excluding hydrogens is 586 g/mol. The molecule has 0 aliphatic rings. The van der Waals surface area contributed by atoms with E-state index in [9.17, 15) is 0 Å². The summed E-state index contributed by atoms with van der Waals surface area (Å²) >= 11 is 0. The van der Waals surface area contributed by atoms with Crippen LogP contribution in [0.3, 0.4) is 0 Å². The van der Waals surface area contributed by atoms with Crippen molar-refractivity contribution in [2.75, 3.05) is 61.9 Å². The van der Waals surface area contributed by atoms with Crippen LogP contribution in [0.25, 0.3) is 21.8 Å². The van der Waals surface area contributed by atoms with Gasteiger partial charge in [0, 0.05) is 46.8 Å². The highest BCUT2D eigenvalue weighted by atomic mass is 15.3. The van der Waals surface area contributed by atoms with Crippen molar-refractivity contribution < 1.29 is 0 Å². The van der Waals surface area contributed by atoms with E-state index in [-0.39, 0.29) is 6.04 Å². The Morgan fingerprint density at radius 3 is 1.96 bits per heavy atom. The van der Waals surface area contributed by atoms with Gasteiger partial charge >= 0.3 is 0 Å². The van der Waals surface area contributed by atoms with Crippen molar-refractivity contribution in [1.82, 2.24) is 53.8 Å². The van der Waals surface area contributed by atoms with Gasteiger partial charge in [-0.15, -0.1) is 0 Å². The van der Waals surface area contributed by atoms with Crippen LogP contribution in [0.15, 0.2) is 67.9 Å². The molecule has 0 aliphatic carbocycles. The third-order valence-electron chi connectivity index (χ3n) is 9.00. The Morgan fingerprint density at radius 1 is 0.723 bits per heavy atom. The van der Waals surface area contributed by atoms with Gasteiger partial charge in [-0.2, -0.15) is 10.2 Å². The second kappa shape index (κ2) is 14.6. The van der Waals surface area contributed by atoms with E-state index in [4.69, 9.17) is 0 Å². The first-order valence-corrected chi connectivity index (χ1v) is 16.6. The van der Waals surface area contributed by atoms with Crippen LogP contribution in [0, 0.1) is 0 Å². The van der Waals surface area contributed by atoms with Crippen molar-refractivity contribution in [1.29, 1.82) is 0 Å². The lowest BCUT2D eigenvalue weighted by atomic mass is 9.98. The van der Waals surface area contributed by atoms with Crippen molar-refractivity contribution >= 4 is 21.8 Å². The molecule has 11 nitrogen and oxygen atoms in total. The standard InChI is InChI=1S/C36H49N11/c1-42(2)15-7-8-35(36-30(14-17-44(5)6)32-19-27(9-11-33(32)41-36)20-45-25-37-23-39-45)47-22-29(13-16-43(3)4)31-18-28(10-12-34(31)47)21-46-26-38-24-40-46/h9-12,18-19,22-26,35,41H,7-8,13-17,20-21H2,1-6H3. The maximum absolute atomic E-state index is 4.36. The van der Waals surface area contributed by atoms with E-state index in [1.54, 1.807) is 25.3 Å². The second-order valence-corrected chi connectivity index (χ2v) is 13.6. The van der Waals surface area contributed by atoms with E-state index in [2.05, 4.69) is 129 Å². The van der Waals surface area contributed by atoms with Crippen molar-refractivity contribution in [2.45, 2.75) is 44.8 Å². The lowest BCUT2D eigenvalue weighted by Crippen LogP contribution is -2.19. The fraction of sp³-hybridized carbons (Fsp3) is 0.444. The van der Waals surface area contributed by atoms with Crippen LogP contribution in [0.2, 0.25) is 0 Å². The number of aromatic amines is 1. The number of likely N-dealkylation sites (N-methyl/N-ethyl adjacent to an activating group) is 2. The Balaban J connectivity index is 1.48. The summed E-state index contributed by atoms with van der Waals surface area (Å²) in [7, 11) is 13.0. The minimum absolute atomic E-state index is 0.162. The van der Waals surface area contributed by atoms with E-state index in [0.29, 0.717) is 13.1 Å². The zero-order valence-electron chi connectivity index (χ0n) is 28.8. The molecule has 0 spiro atoms. The molecule has 248 valence electrons. The number of H-pyrrole nitrogens is 1. The topological polar surface area (TPSA) is 91.9 Å². The molecule has 2 aromatic carbocycles. The zero-order valence-corrected chi connectivity index (χ0v) is 28.8. The van der Waals surface area contributed by atoms with Crippen molar-refractivity contribution in [2.24, 2.45) is 0 Å². The van der Waals surface area contributed by atoms with Crippen LogP contribution in [-0.4, -0.2) is 116 Å². The van der Waals surface area contributed by atoms with Gasteiger partial charge in [0.25, 0.3) is 0 Å². The normalized spacial score (nSPS) is 12.9. The first-order chi connectivity index (χ1) is 22.7. The smallest absolute Gasteiger partial charge is 0.137 e. The number of hydrogen-bond acceptors (Lipinski definition) is 7. The molecule has 1 unspecified atom stereocenters. The third-order valence-corrected chi connectivity index (χ3v) is 9.00. The van der Waals surface area contributed by atoms with Crippen LogP contribution >= 0.6 is 0 Å². The maximum atomic E-state index is 4.36. The monoisotopic (exact) mass is 635 g/mol. The summed E-state index contributed by atoms with van der Waals surface area (Å²) in [6, 6.07) is 13.9. The number of nitrogens with one attached hydrogen (secondary N) is 1. The number of fused-ring (bicyclic) bond motifs is 2. The van der Waals surface area contributed by atoms with E-state index in [0.717, 1.165) is 45.3 Å². The Kier molecular flexibility index (Phi) is 10.1. The van der Waals surface area contributed by atoms with E-state index in [1.807, 2.05) is 9.36 Å². The third kappa shape index (κ3) is 7.81. The molecule has 0 radical (unpaired) electrons. The van der Waals surface area contributed by atoms with Gasteiger partial charge in [-0.05, 0) is 121 Å². The molecular formula is C36H49N11. The molecule has 6 rings (SSSR count). The quantitative estimate of drug-likeness (QED) is 0.167. The maximum Gasteiger partial charge on any atom is 0.137 e. The van der Waals surface area contributed by atoms with E-state index >= 15 is 0 Å². The SMILES string of the molecule is CN(C)CCCC(c1[nH]c2ccc(Cn3cncn3)cc2c1CCN(C)C)n1cc(CCN(C)C)c2cc(Cn3cncn3)ccc21. The molecule has 0 saturated heterocycles. The fourth-order valence-electron chi connectivity index (χ4n) is 6.60. The lowest BCUT2D eigenvalue weighted by molar-refractivity contribution is 0.375. The van der Waals surface area contributed by atoms with Crippen LogP contribution < -0.4 is 0 Å². The average Bonchev–Trinajstić information content (AvgIpc) is 3.85. The van der Waals surface area contributed by atoms with Gasteiger partial charge < -0.3 is 24.3 Å². The Labute approximate surface area is 277 Å². The minimum atomic E-state index is 0.162. The highest BCUT2D eigenvalue weighted by Gasteiger charge is 2.25. The van der Waals surface area contributed by atoms with E-state index in [1.165, 1.54) is 49.8 Å². The van der Waals surface area contributed by atoms with Crippen molar-refractivity contribution in [3.63, 3.8) is 0 Å². The summed E-state index contributed by atoms with van der Waals surface area (Å²) in [5.74, 6) is 0. The van der Waals surface area contributed by atoms with Gasteiger partial charge in [0.15, 0.2) is 0 Å². The average molecular weight is 636 g/mol. The molecule has 0 saturated carbocycles. The summed E-state index contributed by atoms with van der Waals surface area (Å²) in [5, 5.41) is 11.3. The Bertz CT molecular complexity index is 1860. The highest BCUT2D eigenvalue weighted by molar-refractivity contribution is 5.87.